The molecular weight excluding hydrogens is 388 g/mol. The highest BCUT2D eigenvalue weighted by Crippen LogP contribution is 2.50. The van der Waals surface area contributed by atoms with Crippen molar-refractivity contribution in [3.8, 4) is 16.0 Å². The Labute approximate surface area is 162 Å². The predicted molar refractivity (Wildman–Crippen MR) is 101 cm³/mol. The molecular formula is C18H15F2N5S2. The summed E-state index contributed by atoms with van der Waals surface area (Å²) in [6.07, 6.45) is 0.828. The number of nitrogens with zero attached hydrogens (tertiary/aromatic N) is 5. The molecule has 0 amide bonds. The highest BCUT2D eigenvalue weighted by Gasteiger charge is 2.52. The number of alkyl halides is 1. The fraction of sp³-hybridized carbons (Fsp3) is 0.333. The van der Waals surface area contributed by atoms with Crippen LogP contribution in [-0.2, 0) is 5.54 Å². The number of thiophene rings is 1. The van der Waals surface area contributed by atoms with Crippen molar-refractivity contribution in [2.45, 2.75) is 31.5 Å². The third-order valence-electron chi connectivity index (χ3n) is 4.88. The van der Waals surface area contributed by atoms with Gasteiger partial charge in [0, 0.05) is 26.1 Å². The van der Waals surface area contributed by atoms with Crippen molar-refractivity contribution < 1.29 is 8.78 Å². The summed E-state index contributed by atoms with van der Waals surface area (Å²) >= 11 is 2.70. The number of hydrogen-bond donors (Lipinski definition) is 0. The van der Waals surface area contributed by atoms with E-state index in [-0.39, 0.29) is 18.5 Å². The molecule has 3 aromatic heterocycles. The summed E-state index contributed by atoms with van der Waals surface area (Å²) in [7, 11) is 1.77. The zero-order valence-corrected chi connectivity index (χ0v) is 16.2. The van der Waals surface area contributed by atoms with E-state index in [2.05, 4.69) is 21.3 Å². The second-order valence-electron chi connectivity index (χ2n) is 6.55. The molecule has 0 bridgehead atoms. The molecule has 5 nitrogen and oxygen atoms in total. The van der Waals surface area contributed by atoms with Crippen molar-refractivity contribution in [2.75, 3.05) is 11.9 Å². The first-order chi connectivity index (χ1) is 12.9. The number of pyridine rings is 1. The van der Waals surface area contributed by atoms with Gasteiger partial charge < -0.3 is 4.90 Å². The monoisotopic (exact) mass is 403 g/mol. The van der Waals surface area contributed by atoms with E-state index in [9.17, 15) is 8.78 Å². The molecule has 1 saturated carbocycles. The Kier molecular flexibility index (Phi) is 4.40. The fourth-order valence-electron chi connectivity index (χ4n) is 3.40. The van der Waals surface area contributed by atoms with E-state index in [1.807, 2.05) is 13.0 Å². The lowest BCUT2D eigenvalue weighted by atomic mass is 9.71. The van der Waals surface area contributed by atoms with E-state index in [1.165, 1.54) is 41.0 Å². The van der Waals surface area contributed by atoms with Crippen LogP contribution in [0.25, 0.3) is 9.88 Å². The molecule has 1 aliphatic carbocycles. The van der Waals surface area contributed by atoms with Crippen molar-refractivity contribution in [3.63, 3.8) is 0 Å². The maximum absolute atomic E-state index is 14.4. The molecule has 3 heterocycles. The van der Waals surface area contributed by atoms with Crippen molar-refractivity contribution in [1.29, 1.82) is 5.26 Å². The summed E-state index contributed by atoms with van der Waals surface area (Å²) in [6, 6.07) is 6.81. The van der Waals surface area contributed by atoms with Crippen molar-refractivity contribution in [2.24, 2.45) is 0 Å². The highest BCUT2D eigenvalue weighted by molar-refractivity contribution is 7.23. The number of anilines is 1. The average molecular weight is 403 g/mol. The molecule has 9 heteroatoms. The van der Waals surface area contributed by atoms with E-state index >= 15 is 0 Å². The first-order valence-electron chi connectivity index (χ1n) is 8.28. The van der Waals surface area contributed by atoms with Gasteiger partial charge in [-0.25, -0.2) is 8.78 Å². The Morgan fingerprint density at radius 1 is 1.33 bits per heavy atom. The second-order valence-corrected chi connectivity index (χ2v) is 8.56. The van der Waals surface area contributed by atoms with Crippen molar-refractivity contribution >= 4 is 27.8 Å². The topological polar surface area (TPSA) is 65.7 Å². The molecule has 0 aromatic carbocycles. The lowest BCUT2D eigenvalue weighted by Crippen LogP contribution is -2.55. The van der Waals surface area contributed by atoms with Crippen LogP contribution < -0.4 is 4.90 Å². The summed E-state index contributed by atoms with van der Waals surface area (Å²) in [5, 5.41) is 18.8. The van der Waals surface area contributed by atoms with Gasteiger partial charge in [-0.3, -0.25) is 4.98 Å². The van der Waals surface area contributed by atoms with E-state index in [1.54, 1.807) is 11.9 Å². The number of aryl methyl sites for hydroxylation is 1. The molecule has 4 rings (SSSR count). The summed E-state index contributed by atoms with van der Waals surface area (Å²) in [6.45, 7) is 1.92. The third kappa shape index (κ3) is 2.89. The molecule has 0 N–H and O–H groups in total. The van der Waals surface area contributed by atoms with Crippen LogP contribution in [-0.4, -0.2) is 28.4 Å². The molecule has 27 heavy (non-hydrogen) atoms. The number of nitriles is 1. The van der Waals surface area contributed by atoms with Gasteiger partial charge in [0.15, 0.2) is 5.01 Å². The van der Waals surface area contributed by atoms with Crippen molar-refractivity contribution in [3.05, 3.63) is 46.3 Å². The normalized spacial score (nSPS) is 21.5. The van der Waals surface area contributed by atoms with Crippen LogP contribution >= 0.6 is 22.7 Å². The van der Waals surface area contributed by atoms with Gasteiger partial charge in [0.25, 0.3) is 0 Å². The van der Waals surface area contributed by atoms with Crippen LogP contribution in [0.5, 0.6) is 0 Å². The average Bonchev–Trinajstić information content (AvgIpc) is 3.25. The minimum Gasteiger partial charge on any atom is -0.338 e. The molecule has 138 valence electrons. The van der Waals surface area contributed by atoms with Crippen molar-refractivity contribution in [1.82, 2.24) is 15.2 Å². The third-order valence-corrected chi connectivity index (χ3v) is 7.18. The molecule has 0 radical (unpaired) electrons. The van der Waals surface area contributed by atoms with E-state index < -0.39 is 17.5 Å². The van der Waals surface area contributed by atoms with Crippen LogP contribution in [0.3, 0.4) is 0 Å². The van der Waals surface area contributed by atoms with E-state index in [0.29, 0.717) is 15.0 Å². The quantitative estimate of drug-likeness (QED) is 0.644. The smallest absolute Gasteiger partial charge is 0.209 e. The summed E-state index contributed by atoms with van der Waals surface area (Å²) in [5.41, 5.74) is 0.321. The Hall–Kier alpha value is -2.44. The van der Waals surface area contributed by atoms with Crippen LogP contribution in [0.4, 0.5) is 13.9 Å². The highest BCUT2D eigenvalue weighted by atomic mass is 32.1. The zero-order chi connectivity index (χ0) is 19.2. The molecule has 1 aliphatic rings. The number of rotatable bonds is 4. The summed E-state index contributed by atoms with van der Waals surface area (Å²) in [4.78, 5) is 7.47. The zero-order valence-electron chi connectivity index (χ0n) is 14.6. The lowest BCUT2D eigenvalue weighted by Gasteiger charge is -2.49. The Balaban J connectivity index is 1.71. The largest absolute Gasteiger partial charge is 0.338 e. The number of halogens is 2. The summed E-state index contributed by atoms with van der Waals surface area (Å²) < 4.78 is 28.2. The Bertz CT molecular complexity index is 1030. The molecule has 3 aromatic rings. The standard InChI is InChI=1S/C18H15F2N5S2/c1-10-6-12(9-21)26-14(10)16-23-24-17(27-16)25(2)18(7-11(19)8-18)15-13(20)4-3-5-22-15/h3-6,11H,7-8H2,1-2H3. The van der Waals surface area contributed by atoms with E-state index in [0.717, 1.165) is 10.4 Å². The Morgan fingerprint density at radius 3 is 2.74 bits per heavy atom. The van der Waals surface area contributed by atoms with E-state index in [4.69, 9.17) is 5.26 Å². The minimum atomic E-state index is -1.00. The Morgan fingerprint density at radius 2 is 2.11 bits per heavy atom. The van der Waals surface area contributed by atoms with Crippen LogP contribution in [0.1, 0.15) is 29.0 Å². The lowest BCUT2D eigenvalue weighted by molar-refractivity contribution is 0.0870. The molecule has 1 fully saturated rings. The molecule has 0 atom stereocenters. The van der Waals surface area contributed by atoms with Gasteiger partial charge in [0.05, 0.1) is 10.4 Å². The minimum absolute atomic E-state index is 0.156. The van der Waals surface area contributed by atoms with Gasteiger partial charge in [0.2, 0.25) is 5.13 Å². The van der Waals surface area contributed by atoms with Gasteiger partial charge in [-0.15, -0.1) is 21.5 Å². The number of hydrogen-bond acceptors (Lipinski definition) is 7. The fourth-order valence-corrected chi connectivity index (χ4v) is 5.40. The van der Waals surface area contributed by atoms with Crippen LogP contribution in [0.2, 0.25) is 0 Å². The number of aromatic nitrogens is 3. The molecule has 0 saturated heterocycles. The van der Waals surface area contributed by atoms with Gasteiger partial charge in [-0.2, -0.15) is 5.26 Å². The SMILES string of the molecule is Cc1cc(C#N)sc1-c1nnc(N(C)C2(c3ncccc3F)CC(F)C2)s1. The maximum atomic E-state index is 14.4. The summed E-state index contributed by atoms with van der Waals surface area (Å²) in [5.74, 6) is -0.450. The molecule has 0 aliphatic heterocycles. The maximum Gasteiger partial charge on any atom is 0.209 e. The molecule has 0 unspecified atom stereocenters. The van der Waals surface area contributed by atoms with Gasteiger partial charge >= 0.3 is 0 Å². The first-order valence-corrected chi connectivity index (χ1v) is 9.91. The molecule has 0 spiro atoms. The van der Waals surface area contributed by atoms with Crippen LogP contribution in [0.15, 0.2) is 24.4 Å². The second kappa shape index (κ2) is 6.62. The van der Waals surface area contributed by atoms with Gasteiger partial charge in [-0.1, -0.05) is 11.3 Å². The van der Waals surface area contributed by atoms with Crippen LogP contribution in [0, 0.1) is 24.1 Å². The van der Waals surface area contributed by atoms with Gasteiger partial charge in [0.1, 0.15) is 28.6 Å². The van der Waals surface area contributed by atoms with Gasteiger partial charge in [-0.05, 0) is 30.7 Å². The predicted octanol–water partition coefficient (Wildman–Crippen LogP) is 4.44. The first kappa shape index (κ1) is 17.9.